The van der Waals surface area contributed by atoms with Crippen molar-refractivity contribution in [3.63, 3.8) is 0 Å². The van der Waals surface area contributed by atoms with Crippen LogP contribution in [-0.2, 0) is 26.5 Å². The minimum atomic E-state index is -1.70. The standard InChI is InChI=1S/C36H29FN3S.C19H26NSi.Ir/c1-21(2)28-19-24(37)20-29(22(3)4)33(28)40-32-16-9-8-15-31(32)38-35(40)27-14-10-13-25-26-17-18-30(23-11-6-5-7-12-23)39-36(26)41-34(25)27;1-19(2,3)13-16-12-17(15-10-8-7-9-11-15)20-14-18(16)21(4,5)6;/h5-13,15-22H,1-4H3;7-10,12,14H,13H2,1-6H3;/q2*-1;/i;13D2;. The molecule has 0 aliphatic rings. The van der Waals surface area contributed by atoms with E-state index < -0.39 is 19.9 Å². The number of imidazole rings is 1. The first-order chi connectivity index (χ1) is 30.3. The van der Waals surface area contributed by atoms with Gasteiger partial charge < -0.3 is 9.55 Å². The molecule has 0 unspecified atom stereocenters. The summed E-state index contributed by atoms with van der Waals surface area (Å²) < 4.78 is 35.8. The molecule has 0 aliphatic heterocycles. The van der Waals surface area contributed by atoms with Crippen LogP contribution in [0.1, 0.15) is 79.7 Å². The van der Waals surface area contributed by atoms with E-state index in [4.69, 9.17) is 12.7 Å². The van der Waals surface area contributed by atoms with Gasteiger partial charge >= 0.3 is 0 Å². The molecule has 9 rings (SSSR count). The Morgan fingerprint density at radius 2 is 1.44 bits per heavy atom. The number of hydrogen-bond acceptors (Lipinski definition) is 4. The van der Waals surface area contributed by atoms with Crippen molar-refractivity contribution in [2.75, 3.05) is 0 Å². The second-order valence-corrected chi connectivity index (χ2v) is 24.7. The van der Waals surface area contributed by atoms with E-state index in [9.17, 15) is 4.39 Å². The Morgan fingerprint density at radius 3 is 2.10 bits per heavy atom. The molecule has 4 nitrogen and oxygen atoms in total. The van der Waals surface area contributed by atoms with Crippen LogP contribution in [0, 0.1) is 23.4 Å². The average Bonchev–Trinajstić information content (AvgIpc) is 3.84. The minimum Gasteiger partial charge on any atom is -0.333 e. The summed E-state index contributed by atoms with van der Waals surface area (Å²) in [5, 5.41) is 3.35. The van der Waals surface area contributed by atoms with Crippen molar-refractivity contribution >= 4 is 55.9 Å². The van der Waals surface area contributed by atoms with E-state index in [1.165, 1.54) is 0 Å². The maximum atomic E-state index is 15.0. The van der Waals surface area contributed by atoms with E-state index >= 15 is 0 Å². The first-order valence-electron chi connectivity index (χ1n) is 22.4. The van der Waals surface area contributed by atoms with Gasteiger partial charge in [0.2, 0.25) is 0 Å². The third kappa shape index (κ3) is 9.70. The number of fused-ring (bicyclic) bond motifs is 4. The molecule has 4 aromatic heterocycles. The molecule has 8 heteroatoms. The number of aromatic nitrogens is 4. The fourth-order valence-corrected chi connectivity index (χ4v) is 10.6. The Bertz CT molecular complexity index is 3100. The first-order valence-corrected chi connectivity index (χ1v) is 25.8. The van der Waals surface area contributed by atoms with Gasteiger partial charge in [-0.1, -0.05) is 139 Å². The first kappa shape index (κ1) is 43.2. The molecule has 0 aliphatic carbocycles. The Morgan fingerprint density at radius 1 is 0.762 bits per heavy atom. The molecule has 63 heavy (non-hydrogen) atoms. The SMILES string of the molecule is CC(C)c1cc(F)cc(C(C)C)c1-n1c(-c2[c-]ccc3c2sc2nc(-c4ccccc4)ccc23)nc2ccccc21.[2H]C([2H])(c1cc(-c2[c-]cccc2)ncc1[Si](C)(C)C)C(C)(C)C.[Ir]. The van der Waals surface area contributed by atoms with Crippen LogP contribution in [0.25, 0.3) is 70.9 Å². The van der Waals surface area contributed by atoms with E-state index in [1.807, 2.05) is 99.8 Å². The van der Waals surface area contributed by atoms with Crippen molar-refractivity contribution < 1.29 is 27.2 Å². The smallest absolute Gasteiger partial charge is 0.123 e. The summed E-state index contributed by atoms with van der Waals surface area (Å²) in [6.07, 6.45) is 0.469. The van der Waals surface area contributed by atoms with Crippen molar-refractivity contribution in [1.82, 2.24) is 19.5 Å². The third-order valence-corrected chi connectivity index (χ3v) is 14.1. The van der Waals surface area contributed by atoms with Crippen molar-refractivity contribution in [2.45, 2.75) is 86.3 Å². The van der Waals surface area contributed by atoms with Gasteiger partial charge in [-0.15, -0.1) is 54.1 Å². The predicted molar refractivity (Wildman–Crippen MR) is 264 cm³/mol. The van der Waals surface area contributed by atoms with Gasteiger partial charge in [0.05, 0.1) is 30.6 Å². The van der Waals surface area contributed by atoms with Gasteiger partial charge in [0.1, 0.15) is 10.6 Å². The van der Waals surface area contributed by atoms with Gasteiger partial charge in [-0.2, -0.15) is 11.3 Å². The van der Waals surface area contributed by atoms with E-state index in [0.29, 0.717) is 0 Å². The summed E-state index contributed by atoms with van der Waals surface area (Å²) >= 11 is 1.67. The van der Waals surface area contributed by atoms with E-state index in [1.54, 1.807) is 23.5 Å². The van der Waals surface area contributed by atoms with Crippen LogP contribution in [0.4, 0.5) is 4.39 Å². The molecule has 5 aromatic carbocycles. The number of halogens is 1. The van der Waals surface area contributed by atoms with E-state index in [-0.39, 0.29) is 37.8 Å². The summed E-state index contributed by atoms with van der Waals surface area (Å²) in [5.74, 6) is 0.849. The van der Waals surface area contributed by atoms with E-state index in [2.05, 4.69) is 105 Å². The largest absolute Gasteiger partial charge is 0.333 e. The predicted octanol–water partition coefficient (Wildman–Crippen LogP) is 15.0. The Kier molecular flexibility index (Phi) is 12.7. The van der Waals surface area contributed by atoms with Crippen LogP contribution in [0.2, 0.25) is 19.6 Å². The van der Waals surface area contributed by atoms with Crippen LogP contribution in [0.15, 0.2) is 128 Å². The van der Waals surface area contributed by atoms with Gasteiger partial charge in [0.25, 0.3) is 0 Å². The number of thiophene rings is 1. The molecule has 0 atom stereocenters. The van der Waals surface area contributed by atoms with Crippen molar-refractivity contribution in [1.29, 1.82) is 0 Å². The van der Waals surface area contributed by atoms with Gasteiger partial charge in [0.15, 0.2) is 0 Å². The number of nitrogens with zero attached hydrogens (tertiary/aromatic N) is 4. The fraction of sp³-hybridized carbons (Fsp3) is 0.255. The Hall–Kier alpha value is -5.11. The number of rotatable bonds is 8. The van der Waals surface area contributed by atoms with Crippen LogP contribution >= 0.6 is 11.3 Å². The molecule has 4 heterocycles. The van der Waals surface area contributed by atoms with E-state index in [0.717, 1.165) is 92.8 Å². The average molecular weight is 1050 g/mol. The summed E-state index contributed by atoms with van der Waals surface area (Å²) in [6, 6.07) is 46.6. The van der Waals surface area contributed by atoms with Gasteiger partial charge in [-0.3, -0.25) is 4.98 Å². The van der Waals surface area contributed by atoms with Crippen molar-refractivity contribution in [3.8, 4) is 39.6 Å². The Balaban J connectivity index is 0.000000225. The number of pyridine rings is 2. The number of benzene rings is 5. The van der Waals surface area contributed by atoms with Crippen LogP contribution < -0.4 is 5.19 Å². The van der Waals surface area contributed by atoms with Crippen LogP contribution in [0.5, 0.6) is 0 Å². The summed E-state index contributed by atoms with van der Waals surface area (Å²) in [6.45, 7) is 21.1. The zero-order chi connectivity index (χ0) is 45.7. The second kappa shape index (κ2) is 18.5. The van der Waals surface area contributed by atoms with Crippen molar-refractivity contribution in [3.05, 3.63) is 162 Å². The monoisotopic (exact) mass is 1050 g/mol. The maximum Gasteiger partial charge on any atom is 0.123 e. The number of para-hydroxylation sites is 2. The fourth-order valence-electron chi connectivity index (χ4n) is 8.02. The van der Waals surface area contributed by atoms with Gasteiger partial charge in [-0.05, 0) is 86.0 Å². The Labute approximate surface area is 393 Å². The van der Waals surface area contributed by atoms with Gasteiger partial charge in [-0.25, -0.2) is 9.37 Å². The third-order valence-electron chi connectivity index (χ3n) is 11.0. The molecule has 9 aromatic rings. The molecule has 0 saturated carbocycles. The molecular weight excluding hydrogens is 988 g/mol. The molecule has 0 bridgehead atoms. The zero-order valence-electron chi connectivity index (χ0n) is 39.7. The molecular formula is C55H55FIrN4SSi-2. The zero-order valence-corrected chi connectivity index (χ0v) is 41.9. The quantitative estimate of drug-likeness (QED) is 0.113. The molecule has 0 amide bonds. The minimum absolute atomic E-state index is 0. The molecule has 0 fully saturated rings. The summed E-state index contributed by atoms with van der Waals surface area (Å²) in [5.41, 5.74) is 9.81. The van der Waals surface area contributed by atoms with Crippen LogP contribution in [-0.4, -0.2) is 27.6 Å². The van der Waals surface area contributed by atoms with Gasteiger partial charge in [0, 0.05) is 40.3 Å². The topological polar surface area (TPSA) is 43.6 Å². The summed E-state index contributed by atoms with van der Waals surface area (Å²) in [4.78, 5) is 15.8. The number of hydrogen-bond donors (Lipinski definition) is 0. The molecule has 0 spiro atoms. The maximum absolute atomic E-state index is 15.0. The molecule has 1 radical (unpaired) electrons. The normalized spacial score (nSPS) is 12.7. The van der Waals surface area contributed by atoms with Crippen LogP contribution in [0.3, 0.4) is 0 Å². The molecule has 0 saturated heterocycles. The molecule has 323 valence electrons. The second-order valence-electron chi connectivity index (χ2n) is 18.6. The summed E-state index contributed by atoms with van der Waals surface area (Å²) in [7, 11) is -1.70. The van der Waals surface area contributed by atoms with Crippen molar-refractivity contribution in [2.24, 2.45) is 5.41 Å². The molecule has 0 N–H and O–H groups in total.